The van der Waals surface area contributed by atoms with Crippen LogP contribution in [0, 0.1) is 0 Å². The van der Waals surface area contributed by atoms with Crippen LogP contribution in [0.25, 0.3) is 0 Å². The molecule has 0 radical (unpaired) electrons. The van der Waals surface area contributed by atoms with Gasteiger partial charge in [0.25, 0.3) is 11.5 Å². The number of carbonyl (C=O) groups excluding carboxylic acids is 1. The van der Waals surface area contributed by atoms with Crippen LogP contribution in [0.5, 0.6) is 0 Å². The zero-order chi connectivity index (χ0) is 13.8. The van der Waals surface area contributed by atoms with Gasteiger partial charge in [0.15, 0.2) is 0 Å². The zero-order valence-corrected chi connectivity index (χ0v) is 10.9. The van der Waals surface area contributed by atoms with Crippen LogP contribution in [0.4, 0.5) is 0 Å². The van der Waals surface area contributed by atoms with E-state index in [0.29, 0.717) is 6.54 Å². The molecule has 2 aromatic rings. The molecule has 19 heavy (non-hydrogen) atoms. The summed E-state index contributed by atoms with van der Waals surface area (Å²) in [5.41, 5.74) is 1.01. The first kappa shape index (κ1) is 13.0. The van der Waals surface area contributed by atoms with E-state index in [9.17, 15) is 9.59 Å². The first-order chi connectivity index (χ1) is 9.08. The van der Waals surface area contributed by atoms with Crippen molar-refractivity contribution in [1.82, 2.24) is 14.7 Å². The lowest BCUT2D eigenvalue weighted by atomic mass is 10.2. The second-order valence-electron chi connectivity index (χ2n) is 4.40. The molecule has 0 saturated carbocycles. The van der Waals surface area contributed by atoms with Crippen molar-refractivity contribution in [2.75, 3.05) is 14.1 Å². The number of aromatic nitrogens is 2. The van der Waals surface area contributed by atoms with Crippen molar-refractivity contribution < 1.29 is 4.79 Å². The monoisotopic (exact) mass is 257 g/mol. The second kappa shape index (κ2) is 5.48. The topological polar surface area (TPSA) is 55.2 Å². The fourth-order valence-electron chi connectivity index (χ4n) is 1.66. The maximum absolute atomic E-state index is 11.8. The van der Waals surface area contributed by atoms with Crippen LogP contribution in [-0.4, -0.2) is 34.7 Å². The summed E-state index contributed by atoms with van der Waals surface area (Å²) in [6.07, 6.45) is 0. The number of amides is 1. The molecule has 0 aliphatic heterocycles. The molecule has 2 rings (SSSR count). The van der Waals surface area contributed by atoms with Crippen LogP contribution in [-0.2, 0) is 6.54 Å². The number of nitrogens with zero attached hydrogens (tertiary/aromatic N) is 3. The molecule has 0 aliphatic rings. The smallest absolute Gasteiger partial charge is 0.273 e. The summed E-state index contributed by atoms with van der Waals surface area (Å²) in [5, 5.41) is 4.10. The van der Waals surface area contributed by atoms with Crippen molar-refractivity contribution in [3.63, 3.8) is 0 Å². The van der Waals surface area contributed by atoms with Gasteiger partial charge in [0, 0.05) is 20.2 Å². The van der Waals surface area contributed by atoms with E-state index in [-0.39, 0.29) is 17.2 Å². The van der Waals surface area contributed by atoms with Crippen molar-refractivity contribution in [1.29, 1.82) is 0 Å². The minimum Gasteiger partial charge on any atom is -0.343 e. The maximum atomic E-state index is 11.8. The number of hydrogen-bond acceptors (Lipinski definition) is 3. The molecule has 0 N–H and O–H groups in total. The molecule has 0 spiro atoms. The average molecular weight is 257 g/mol. The van der Waals surface area contributed by atoms with Gasteiger partial charge in [-0.2, -0.15) is 5.10 Å². The first-order valence-corrected chi connectivity index (χ1v) is 5.91. The van der Waals surface area contributed by atoms with E-state index in [4.69, 9.17) is 0 Å². The predicted octanol–water partition coefficient (Wildman–Crippen LogP) is 0.993. The van der Waals surface area contributed by atoms with Gasteiger partial charge in [0.2, 0.25) is 0 Å². The molecule has 0 aliphatic carbocycles. The number of hydrogen-bond donors (Lipinski definition) is 0. The van der Waals surface area contributed by atoms with Gasteiger partial charge in [0.05, 0.1) is 6.54 Å². The fraction of sp³-hybridized carbons (Fsp3) is 0.214. The minimum absolute atomic E-state index is 0.221. The molecule has 5 heteroatoms. The highest BCUT2D eigenvalue weighted by atomic mass is 16.2. The SMILES string of the molecule is CN(C)C(=O)c1ccc(=O)n(Cc2ccccc2)n1. The van der Waals surface area contributed by atoms with E-state index in [2.05, 4.69) is 5.10 Å². The summed E-state index contributed by atoms with van der Waals surface area (Å²) in [5.74, 6) is -0.221. The summed E-state index contributed by atoms with van der Waals surface area (Å²) in [4.78, 5) is 25.0. The normalized spacial score (nSPS) is 10.2. The van der Waals surface area contributed by atoms with E-state index in [1.54, 1.807) is 14.1 Å². The van der Waals surface area contributed by atoms with E-state index in [1.165, 1.54) is 21.7 Å². The Morgan fingerprint density at radius 1 is 1.16 bits per heavy atom. The number of carbonyl (C=O) groups is 1. The molecule has 0 unspecified atom stereocenters. The van der Waals surface area contributed by atoms with Crippen molar-refractivity contribution in [3.8, 4) is 0 Å². The Kier molecular flexibility index (Phi) is 3.75. The summed E-state index contributed by atoms with van der Waals surface area (Å²) < 4.78 is 1.30. The van der Waals surface area contributed by atoms with Gasteiger partial charge in [-0.15, -0.1) is 0 Å². The Balaban J connectivity index is 2.33. The van der Waals surface area contributed by atoms with E-state index in [0.717, 1.165) is 5.56 Å². The lowest BCUT2D eigenvalue weighted by Gasteiger charge is -2.11. The highest BCUT2D eigenvalue weighted by molar-refractivity contribution is 5.91. The molecule has 1 aromatic heterocycles. The largest absolute Gasteiger partial charge is 0.343 e. The number of benzene rings is 1. The highest BCUT2D eigenvalue weighted by Gasteiger charge is 2.11. The third-order valence-corrected chi connectivity index (χ3v) is 2.67. The third-order valence-electron chi connectivity index (χ3n) is 2.67. The third kappa shape index (κ3) is 3.07. The Labute approximate surface area is 111 Å². The molecule has 1 amide bonds. The Morgan fingerprint density at radius 2 is 1.84 bits per heavy atom. The van der Waals surface area contributed by atoms with Crippen LogP contribution in [0.3, 0.4) is 0 Å². The molecule has 0 bridgehead atoms. The summed E-state index contributed by atoms with van der Waals surface area (Å²) in [6.45, 7) is 0.355. The van der Waals surface area contributed by atoms with Gasteiger partial charge < -0.3 is 4.90 Å². The van der Waals surface area contributed by atoms with Crippen molar-refractivity contribution in [2.24, 2.45) is 0 Å². The molecular formula is C14H15N3O2. The second-order valence-corrected chi connectivity index (χ2v) is 4.40. The Hall–Kier alpha value is -2.43. The molecular weight excluding hydrogens is 242 g/mol. The van der Waals surface area contributed by atoms with Crippen LogP contribution < -0.4 is 5.56 Å². The Morgan fingerprint density at radius 3 is 2.47 bits per heavy atom. The summed E-state index contributed by atoms with van der Waals surface area (Å²) >= 11 is 0. The van der Waals surface area contributed by atoms with Gasteiger partial charge in [-0.1, -0.05) is 30.3 Å². The van der Waals surface area contributed by atoms with Gasteiger partial charge in [-0.25, -0.2) is 4.68 Å². The van der Waals surface area contributed by atoms with Gasteiger partial charge >= 0.3 is 0 Å². The first-order valence-electron chi connectivity index (χ1n) is 5.91. The molecule has 98 valence electrons. The van der Waals surface area contributed by atoms with Gasteiger partial charge in [0.1, 0.15) is 5.69 Å². The van der Waals surface area contributed by atoms with E-state index >= 15 is 0 Å². The minimum atomic E-state index is -0.223. The lowest BCUT2D eigenvalue weighted by molar-refractivity contribution is 0.0819. The van der Waals surface area contributed by atoms with E-state index < -0.39 is 0 Å². The molecule has 0 saturated heterocycles. The molecule has 1 heterocycles. The van der Waals surface area contributed by atoms with Crippen molar-refractivity contribution in [2.45, 2.75) is 6.54 Å². The molecule has 0 atom stereocenters. The molecule has 1 aromatic carbocycles. The predicted molar refractivity (Wildman–Crippen MR) is 72.1 cm³/mol. The van der Waals surface area contributed by atoms with Crippen LogP contribution in [0.2, 0.25) is 0 Å². The van der Waals surface area contributed by atoms with Crippen LogP contribution in [0.1, 0.15) is 16.1 Å². The fourth-order valence-corrected chi connectivity index (χ4v) is 1.66. The molecule has 5 nitrogen and oxygen atoms in total. The average Bonchev–Trinajstić information content (AvgIpc) is 2.41. The summed E-state index contributed by atoms with van der Waals surface area (Å²) in [7, 11) is 3.30. The van der Waals surface area contributed by atoms with Crippen molar-refractivity contribution >= 4 is 5.91 Å². The van der Waals surface area contributed by atoms with E-state index in [1.807, 2.05) is 30.3 Å². The quantitative estimate of drug-likeness (QED) is 0.824. The molecule has 0 fully saturated rings. The van der Waals surface area contributed by atoms with Gasteiger partial charge in [-0.05, 0) is 11.6 Å². The lowest BCUT2D eigenvalue weighted by Crippen LogP contribution is -2.29. The highest BCUT2D eigenvalue weighted by Crippen LogP contribution is 2.01. The van der Waals surface area contributed by atoms with Crippen molar-refractivity contribution in [3.05, 3.63) is 64.1 Å². The van der Waals surface area contributed by atoms with Crippen LogP contribution >= 0.6 is 0 Å². The standard InChI is InChI=1S/C14H15N3O2/c1-16(2)14(19)12-8-9-13(18)17(15-12)10-11-6-4-3-5-7-11/h3-9H,10H2,1-2H3. The van der Waals surface area contributed by atoms with Crippen LogP contribution in [0.15, 0.2) is 47.3 Å². The van der Waals surface area contributed by atoms with Gasteiger partial charge in [-0.3, -0.25) is 9.59 Å². The summed E-state index contributed by atoms with van der Waals surface area (Å²) in [6, 6.07) is 12.3. The zero-order valence-electron chi connectivity index (χ0n) is 10.9. The number of rotatable bonds is 3. The Bertz CT molecular complexity index is 633. The maximum Gasteiger partial charge on any atom is 0.273 e.